The van der Waals surface area contributed by atoms with Gasteiger partial charge in [-0.25, -0.2) is 0 Å². The second kappa shape index (κ2) is 5.54. The molecule has 0 unspecified atom stereocenters. The van der Waals surface area contributed by atoms with E-state index in [2.05, 4.69) is 10.3 Å². The van der Waals surface area contributed by atoms with Gasteiger partial charge in [-0.3, -0.25) is 14.6 Å². The fraction of sp³-hybridized carbons (Fsp3) is 0. The van der Waals surface area contributed by atoms with E-state index in [0.717, 1.165) is 17.2 Å². The van der Waals surface area contributed by atoms with E-state index in [1.165, 1.54) is 0 Å². The van der Waals surface area contributed by atoms with Crippen molar-refractivity contribution in [2.45, 2.75) is 0 Å². The van der Waals surface area contributed by atoms with E-state index in [-0.39, 0.29) is 5.91 Å². The Morgan fingerprint density at radius 2 is 1.95 bits per heavy atom. The molecule has 0 bridgehead atoms. The van der Waals surface area contributed by atoms with Crippen LogP contribution < -0.4 is 5.32 Å². The van der Waals surface area contributed by atoms with Crippen molar-refractivity contribution in [2.75, 3.05) is 5.32 Å². The van der Waals surface area contributed by atoms with Crippen molar-refractivity contribution in [3.05, 3.63) is 71.9 Å². The van der Waals surface area contributed by atoms with Gasteiger partial charge in [0.1, 0.15) is 6.29 Å². The van der Waals surface area contributed by atoms with E-state index in [0.29, 0.717) is 16.8 Å². The molecule has 0 aliphatic heterocycles. The lowest BCUT2D eigenvalue weighted by Gasteiger charge is -2.06. The lowest BCUT2D eigenvalue weighted by atomic mass is 10.1. The molecule has 3 rings (SSSR count). The zero-order valence-electron chi connectivity index (χ0n) is 11.1. The average Bonchev–Trinajstić information content (AvgIpc) is 2.54. The van der Waals surface area contributed by atoms with Crippen LogP contribution in [0.4, 0.5) is 5.69 Å². The summed E-state index contributed by atoms with van der Waals surface area (Å²) in [6.07, 6.45) is 2.46. The number of amides is 1. The van der Waals surface area contributed by atoms with E-state index in [1.807, 2.05) is 18.2 Å². The molecular formula is C17H12N2O2. The van der Waals surface area contributed by atoms with E-state index >= 15 is 0 Å². The first-order valence-electron chi connectivity index (χ1n) is 6.48. The van der Waals surface area contributed by atoms with E-state index < -0.39 is 0 Å². The zero-order chi connectivity index (χ0) is 14.7. The molecule has 0 fully saturated rings. The molecule has 4 nitrogen and oxygen atoms in total. The number of nitrogens with zero attached hydrogens (tertiary/aromatic N) is 1. The monoisotopic (exact) mass is 276 g/mol. The Hall–Kier alpha value is -3.01. The fourth-order valence-electron chi connectivity index (χ4n) is 2.11. The van der Waals surface area contributed by atoms with Gasteiger partial charge in [0, 0.05) is 28.4 Å². The molecule has 0 saturated carbocycles. The normalized spacial score (nSPS) is 10.3. The third-order valence-electron chi connectivity index (χ3n) is 3.15. The third-order valence-corrected chi connectivity index (χ3v) is 3.15. The molecule has 21 heavy (non-hydrogen) atoms. The maximum absolute atomic E-state index is 12.2. The number of aldehydes is 1. The van der Waals surface area contributed by atoms with Crippen molar-refractivity contribution in [2.24, 2.45) is 0 Å². The summed E-state index contributed by atoms with van der Waals surface area (Å²) < 4.78 is 0. The minimum atomic E-state index is -0.219. The molecular weight excluding hydrogens is 264 g/mol. The van der Waals surface area contributed by atoms with Gasteiger partial charge in [0.15, 0.2) is 0 Å². The van der Waals surface area contributed by atoms with Gasteiger partial charge < -0.3 is 5.32 Å². The van der Waals surface area contributed by atoms with Gasteiger partial charge in [0.05, 0.1) is 5.52 Å². The Bertz CT molecular complexity index is 828. The number of hydrogen-bond donors (Lipinski definition) is 1. The highest BCUT2D eigenvalue weighted by Gasteiger charge is 2.07. The van der Waals surface area contributed by atoms with Gasteiger partial charge >= 0.3 is 0 Å². The van der Waals surface area contributed by atoms with E-state index in [1.54, 1.807) is 42.6 Å². The SMILES string of the molecule is O=Cc1cccc(NC(=O)c2ccc3ncccc3c2)c1. The minimum absolute atomic E-state index is 0.219. The lowest BCUT2D eigenvalue weighted by Crippen LogP contribution is -2.11. The fourth-order valence-corrected chi connectivity index (χ4v) is 2.11. The number of benzene rings is 2. The van der Waals surface area contributed by atoms with Gasteiger partial charge in [-0.2, -0.15) is 0 Å². The van der Waals surface area contributed by atoms with Crippen molar-refractivity contribution in [1.82, 2.24) is 4.98 Å². The number of fused-ring (bicyclic) bond motifs is 1. The van der Waals surface area contributed by atoms with Crippen LogP contribution in [0.5, 0.6) is 0 Å². The Kier molecular flexibility index (Phi) is 3.43. The van der Waals surface area contributed by atoms with E-state index in [9.17, 15) is 9.59 Å². The predicted octanol–water partition coefficient (Wildman–Crippen LogP) is 3.30. The molecule has 0 atom stereocenters. The zero-order valence-corrected chi connectivity index (χ0v) is 11.1. The lowest BCUT2D eigenvalue weighted by molar-refractivity contribution is 0.102. The molecule has 3 aromatic rings. The number of anilines is 1. The summed E-state index contributed by atoms with van der Waals surface area (Å²) in [5.74, 6) is -0.219. The summed E-state index contributed by atoms with van der Waals surface area (Å²) in [4.78, 5) is 27.2. The molecule has 1 amide bonds. The molecule has 0 radical (unpaired) electrons. The Balaban J connectivity index is 1.87. The first-order valence-corrected chi connectivity index (χ1v) is 6.48. The maximum Gasteiger partial charge on any atom is 0.255 e. The number of rotatable bonds is 3. The highest BCUT2D eigenvalue weighted by atomic mass is 16.1. The van der Waals surface area contributed by atoms with Crippen LogP contribution in [0.1, 0.15) is 20.7 Å². The first-order chi connectivity index (χ1) is 10.3. The number of nitrogens with one attached hydrogen (secondary N) is 1. The molecule has 2 aromatic carbocycles. The van der Waals surface area contributed by atoms with Gasteiger partial charge in [0.25, 0.3) is 5.91 Å². The second-order valence-electron chi connectivity index (χ2n) is 4.61. The van der Waals surface area contributed by atoms with Crippen LogP contribution in [-0.2, 0) is 0 Å². The Morgan fingerprint density at radius 1 is 1.05 bits per heavy atom. The quantitative estimate of drug-likeness (QED) is 0.747. The van der Waals surface area contributed by atoms with E-state index in [4.69, 9.17) is 0 Å². The molecule has 0 aliphatic rings. The number of hydrogen-bond acceptors (Lipinski definition) is 3. The Morgan fingerprint density at radius 3 is 2.81 bits per heavy atom. The van der Waals surface area contributed by atoms with Gasteiger partial charge in [-0.1, -0.05) is 18.2 Å². The average molecular weight is 276 g/mol. The highest BCUT2D eigenvalue weighted by Crippen LogP contribution is 2.15. The summed E-state index contributed by atoms with van der Waals surface area (Å²) in [5.41, 5.74) is 2.51. The van der Waals surface area contributed by atoms with Gasteiger partial charge in [0.2, 0.25) is 0 Å². The van der Waals surface area contributed by atoms with Crippen LogP contribution in [0.25, 0.3) is 10.9 Å². The van der Waals surface area contributed by atoms with Crippen LogP contribution in [0.15, 0.2) is 60.8 Å². The topological polar surface area (TPSA) is 59.1 Å². The summed E-state index contributed by atoms with van der Waals surface area (Å²) in [7, 11) is 0. The van der Waals surface area contributed by atoms with Crippen molar-refractivity contribution in [3.63, 3.8) is 0 Å². The number of aromatic nitrogens is 1. The maximum atomic E-state index is 12.2. The van der Waals surface area contributed by atoms with Gasteiger partial charge in [-0.15, -0.1) is 0 Å². The van der Waals surface area contributed by atoms with Crippen LogP contribution in [0, 0.1) is 0 Å². The van der Waals surface area contributed by atoms with Crippen LogP contribution in [-0.4, -0.2) is 17.2 Å². The standard InChI is InChI=1S/C17H12N2O2/c20-11-12-3-1-5-15(9-12)19-17(21)14-6-7-16-13(10-14)4-2-8-18-16/h1-11H,(H,19,21). The molecule has 1 heterocycles. The summed E-state index contributed by atoms with van der Waals surface area (Å²) in [6.45, 7) is 0. The molecule has 1 aromatic heterocycles. The minimum Gasteiger partial charge on any atom is -0.322 e. The highest BCUT2D eigenvalue weighted by molar-refractivity contribution is 6.06. The van der Waals surface area contributed by atoms with Crippen LogP contribution in [0.2, 0.25) is 0 Å². The summed E-state index contributed by atoms with van der Waals surface area (Å²) in [5, 5.41) is 3.69. The second-order valence-corrected chi connectivity index (χ2v) is 4.61. The number of carbonyl (C=O) groups is 2. The number of carbonyl (C=O) groups excluding carboxylic acids is 2. The molecule has 1 N–H and O–H groups in total. The van der Waals surface area contributed by atoms with Crippen molar-refractivity contribution >= 4 is 28.8 Å². The molecule has 4 heteroatoms. The molecule has 0 aliphatic carbocycles. The van der Waals surface area contributed by atoms with Gasteiger partial charge in [-0.05, 0) is 36.4 Å². The van der Waals surface area contributed by atoms with Crippen molar-refractivity contribution in [1.29, 1.82) is 0 Å². The van der Waals surface area contributed by atoms with Crippen LogP contribution in [0.3, 0.4) is 0 Å². The largest absolute Gasteiger partial charge is 0.322 e. The summed E-state index contributed by atoms with van der Waals surface area (Å²) >= 11 is 0. The van der Waals surface area contributed by atoms with Crippen molar-refractivity contribution in [3.8, 4) is 0 Å². The smallest absolute Gasteiger partial charge is 0.255 e. The summed E-state index contributed by atoms with van der Waals surface area (Å²) in [6, 6.07) is 15.9. The molecule has 0 saturated heterocycles. The van der Waals surface area contributed by atoms with Crippen molar-refractivity contribution < 1.29 is 9.59 Å². The molecule has 0 spiro atoms. The first kappa shape index (κ1) is 13.0. The molecule has 102 valence electrons. The Labute approximate surface area is 121 Å². The van der Waals surface area contributed by atoms with Crippen LogP contribution >= 0.6 is 0 Å². The number of pyridine rings is 1. The third kappa shape index (κ3) is 2.79. The predicted molar refractivity (Wildman–Crippen MR) is 81.5 cm³/mol.